The van der Waals surface area contributed by atoms with Gasteiger partial charge in [-0.3, -0.25) is 0 Å². The van der Waals surface area contributed by atoms with Gasteiger partial charge in [-0.25, -0.2) is 4.98 Å². The van der Waals surface area contributed by atoms with Crippen LogP contribution in [0.3, 0.4) is 0 Å². The summed E-state index contributed by atoms with van der Waals surface area (Å²) in [5.41, 5.74) is 4.05. The number of hydrogen-bond donors (Lipinski definition) is 0. The topological polar surface area (TPSA) is 35.8 Å². The van der Waals surface area contributed by atoms with Crippen LogP contribution in [-0.2, 0) is 0 Å². The highest BCUT2D eigenvalue weighted by atomic mass is 16.5. The molecule has 3 aromatic rings. The van der Waals surface area contributed by atoms with Crippen molar-refractivity contribution < 1.29 is 9.47 Å². The summed E-state index contributed by atoms with van der Waals surface area (Å²) in [6.45, 7) is 2.06. The molecule has 0 saturated carbocycles. The maximum atomic E-state index is 5.33. The van der Waals surface area contributed by atoms with Gasteiger partial charge in [-0.2, -0.15) is 0 Å². The molecular formula is C16H16N2O2. The Morgan fingerprint density at radius 1 is 1.00 bits per heavy atom. The van der Waals surface area contributed by atoms with Crippen molar-refractivity contribution in [1.82, 2.24) is 9.38 Å². The maximum Gasteiger partial charge on any atom is 0.161 e. The average molecular weight is 268 g/mol. The van der Waals surface area contributed by atoms with Gasteiger partial charge in [0.15, 0.2) is 11.5 Å². The van der Waals surface area contributed by atoms with E-state index in [0.29, 0.717) is 5.75 Å². The number of methoxy groups -OCH3 is 2. The fourth-order valence-electron chi connectivity index (χ4n) is 2.22. The van der Waals surface area contributed by atoms with E-state index in [9.17, 15) is 0 Å². The third-order valence-electron chi connectivity index (χ3n) is 3.30. The van der Waals surface area contributed by atoms with Crippen LogP contribution in [0.2, 0.25) is 0 Å². The zero-order valence-corrected chi connectivity index (χ0v) is 11.8. The van der Waals surface area contributed by atoms with Gasteiger partial charge in [0.1, 0.15) is 5.65 Å². The van der Waals surface area contributed by atoms with Crippen molar-refractivity contribution in [3.63, 3.8) is 0 Å². The first-order chi connectivity index (χ1) is 9.71. The Morgan fingerprint density at radius 2 is 1.80 bits per heavy atom. The lowest BCUT2D eigenvalue weighted by Crippen LogP contribution is -1.90. The second-order valence-corrected chi connectivity index (χ2v) is 4.67. The number of aryl methyl sites for hydroxylation is 1. The first kappa shape index (κ1) is 12.5. The fraction of sp³-hybridized carbons (Fsp3) is 0.188. The van der Waals surface area contributed by atoms with E-state index in [1.807, 2.05) is 35.0 Å². The zero-order valence-electron chi connectivity index (χ0n) is 11.8. The summed E-state index contributed by atoms with van der Waals surface area (Å²) in [5, 5.41) is 0. The van der Waals surface area contributed by atoms with Crippen molar-refractivity contribution in [1.29, 1.82) is 0 Å². The van der Waals surface area contributed by atoms with E-state index >= 15 is 0 Å². The first-order valence-corrected chi connectivity index (χ1v) is 6.39. The van der Waals surface area contributed by atoms with Crippen LogP contribution < -0.4 is 9.47 Å². The van der Waals surface area contributed by atoms with E-state index in [2.05, 4.69) is 24.0 Å². The molecule has 1 aromatic carbocycles. The summed E-state index contributed by atoms with van der Waals surface area (Å²) < 4.78 is 12.6. The Bertz CT molecular complexity index is 762. The molecule has 0 saturated heterocycles. The van der Waals surface area contributed by atoms with Gasteiger partial charge in [-0.15, -0.1) is 0 Å². The standard InChI is InChI=1S/C16H16N2O2/c1-11-6-7-18-10-13(17-16(18)8-11)12-4-5-14(19-2)15(9-12)20-3/h4-10H,1-3H3. The van der Waals surface area contributed by atoms with Crippen LogP contribution in [0.5, 0.6) is 11.5 Å². The van der Waals surface area contributed by atoms with Crippen LogP contribution >= 0.6 is 0 Å². The fourth-order valence-corrected chi connectivity index (χ4v) is 2.22. The minimum absolute atomic E-state index is 0.707. The van der Waals surface area contributed by atoms with Crippen molar-refractivity contribution in [3.8, 4) is 22.8 Å². The number of aromatic nitrogens is 2. The predicted molar refractivity (Wildman–Crippen MR) is 78.5 cm³/mol. The van der Waals surface area contributed by atoms with E-state index < -0.39 is 0 Å². The van der Waals surface area contributed by atoms with Crippen LogP contribution in [0, 0.1) is 6.92 Å². The lowest BCUT2D eigenvalue weighted by atomic mass is 10.1. The number of ether oxygens (including phenoxy) is 2. The summed E-state index contributed by atoms with van der Waals surface area (Å²) >= 11 is 0. The van der Waals surface area contributed by atoms with Crippen LogP contribution in [0.4, 0.5) is 0 Å². The van der Waals surface area contributed by atoms with E-state index in [1.54, 1.807) is 14.2 Å². The largest absolute Gasteiger partial charge is 0.493 e. The van der Waals surface area contributed by atoms with Gasteiger partial charge >= 0.3 is 0 Å². The SMILES string of the molecule is COc1ccc(-c2cn3ccc(C)cc3n2)cc1OC. The number of nitrogens with zero attached hydrogens (tertiary/aromatic N) is 2. The van der Waals surface area contributed by atoms with E-state index in [4.69, 9.17) is 9.47 Å². The lowest BCUT2D eigenvalue weighted by Gasteiger charge is -2.08. The molecule has 4 heteroatoms. The second kappa shape index (κ2) is 4.89. The molecule has 0 atom stereocenters. The number of imidazole rings is 1. The normalized spacial score (nSPS) is 10.8. The Balaban J connectivity index is 2.10. The highest BCUT2D eigenvalue weighted by molar-refractivity contribution is 5.66. The monoisotopic (exact) mass is 268 g/mol. The molecule has 0 bridgehead atoms. The molecule has 4 nitrogen and oxygen atoms in total. The van der Waals surface area contributed by atoms with Crippen LogP contribution in [0.1, 0.15) is 5.56 Å². The van der Waals surface area contributed by atoms with Gasteiger partial charge in [0, 0.05) is 18.0 Å². The third-order valence-corrected chi connectivity index (χ3v) is 3.30. The third kappa shape index (κ3) is 2.09. The van der Waals surface area contributed by atoms with Crippen molar-refractivity contribution in [2.24, 2.45) is 0 Å². The van der Waals surface area contributed by atoms with Gasteiger partial charge in [-0.1, -0.05) is 0 Å². The molecule has 0 aliphatic heterocycles. The highest BCUT2D eigenvalue weighted by Gasteiger charge is 2.09. The number of hydrogen-bond acceptors (Lipinski definition) is 3. The molecule has 20 heavy (non-hydrogen) atoms. The number of benzene rings is 1. The van der Waals surface area contributed by atoms with Crippen molar-refractivity contribution in [2.75, 3.05) is 14.2 Å². The maximum absolute atomic E-state index is 5.33. The Kier molecular flexibility index (Phi) is 3.06. The summed E-state index contributed by atoms with van der Waals surface area (Å²) in [5.74, 6) is 1.43. The zero-order chi connectivity index (χ0) is 14.1. The summed E-state index contributed by atoms with van der Waals surface area (Å²) in [6, 6.07) is 9.93. The van der Waals surface area contributed by atoms with Gasteiger partial charge in [-0.05, 0) is 42.8 Å². The molecule has 0 aliphatic carbocycles. The molecule has 0 spiro atoms. The molecule has 102 valence electrons. The molecule has 0 aliphatic rings. The molecule has 2 heterocycles. The predicted octanol–water partition coefficient (Wildman–Crippen LogP) is 3.33. The van der Waals surface area contributed by atoms with Crippen LogP contribution in [0.15, 0.2) is 42.7 Å². The Hall–Kier alpha value is -2.49. The number of pyridine rings is 1. The molecule has 3 rings (SSSR count). The molecule has 0 N–H and O–H groups in total. The van der Waals surface area contributed by atoms with Gasteiger partial charge < -0.3 is 13.9 Å². The van der Waals surface area contributed by atoms with Gasteiger partial charge in [0.2, 0.25) is 0 Å². The minimum atomic E-state index is 0.707. The second-order valence-electron chi connectivity index (χ2n) is 4.67. The van der Waals surface area contributed by atoms with Crippen LogP contribution in [0.25, 0.3) is 16.9 Å². The van der Waals surface area contributed by atoms with Crippen LogP contribution in [-0.4, -0.2) is 23.6 Å². The number of fused-ring (bicyclic) bond motifs is 1. The lowest BCUT2D eigenvalue weighted by molar-refractivity contribution is 0.355. The first-order valence-electron chi connectivity index (χ1n) is 6.39. The molecule has 0 unspecified atom stereocenters. The van der Waals surface area contributed by atoms with Gasteiger partial charge in [0.05, 0.1) is 19.9 Å². The molecule has 2 aromatic heterocycles. The average Bonchev–Trinajstić information content (AvgIpc) is 2.89. The summed E-state index contributed by atoms with van der Waals surface area (Å²) in [4.78, 5) is 4.64. The molecule has 0 amide bonds. The quantitative estimate of drug-likeness (QED) is 0.731. The Labute approximate surface area is 117 Å². The van der Waals surface area contributed by atoms with Gasteiger partial charge in [0.25, 0.3) is 0 Å². The molecule has 0 radical (unpaired) electrons. The van der Waals surface area contributed by atoms with Crippen molar-refractivity contribution in [3.05, 3.63) is 48.3 Å². The van der Waals surface area contributed by atoms with Crippen molar-refractivity contribution in [2.45, 2.75) is 6.92 Å². The summed E-state index contributed by atoms with van der Waals surface area (Å²) in [7, 11) is 3.26. The smallest absolute Gasteiger partial charge is 0.161 e. The highest BCUT2D eigenvalue weighted by Crippen LogP contribution is 2.31. The Morgan fingerprint density at radius 3 is 2.55 bits per heavy atom. The summed E-state index contributed by atoms with van der Waals surface area (Å²) in [6.07, 6.45) is 4.03. The van der Waals surface area contributed by atoms with E-state index in [0.717, 1.165) is 22.7 Å². The molecule has 0 fully saturated rings. The molecular weight excluding hydrogens is 252 g/mol. The minimum Gasteiger partial charge on any atom is -0.493 e. The van der Waals surface area contributed by atoms with Crippen molar-refractivity contribution >= 4 is 5.65 Å². The van der Waals surface area contributed by atoms with E-state index in [1.165, 1.54) is 5.56 Å². The van der Waals surface area contributed by atoms with E-state index in [-0.39, 0.29) is 0 Å². The number of rotatable bonds is 3.